The highest BCUT2D eigenvalue weighted by Gasteiger charge is 2.44. The molecule has 4 nitrogen and oxygen atoms in total. The fraction of sp³-hybridized carbons (Fsp3) is 0.500. The standard InChI is InChI=1S/C16H21NO3/c1-5-13(18)11-8-9-14-12(10-11)17(4)15(19)16(6-2,7-3)20-14/h8-10H,5-7H2,1-4H3. The van der Waals surface area contributed by atoms with Crippen LogP contribution < -0.4 is 9.64 Å². The molecule has 1 heterocycles. The molecule has 108 valence electrons. The third kappa shape index (κ3) is 2.09. The van der Waals surface area contributed by atoms with E-state index in [1.807, 2.05) is 20.8 Å². The molecule has 1 aliphatic heterocycles. The number of amides is 1. The smallest absolute Gasteiger partial charge is 0.270 e. The molecule has 1 amide bonds. The first-order chi connectivity index (χ1) is 9.49. The van der Waals surface area contributed by atoms with Crippen molar-refractivity contribution in [3.63, 3.8) is 0 Å². The van der Waals surface area contributed by atoms with Gasteiger partial charge in [0.15, 0.2) is 11.4 Å². The monoisotopic (exact) mass is 275 g/mol. The predicted octanol–water partition coefficient (Wildman–Crippen LogP) is 3.19. The first-order valence-electron chi connectivity index (χ1n) is 7.13. The van der Waals surface area contributed by atoms with Gasteiger partial charge in [0, 0.05) is 19.0 Å². The molecule has 2 rings (SSSR count). The lowest BCUT2D eigenvalue weighted by Crippen LogP contribution is -2.54. The van der Waals surface area contributed by atoms with Crippen LogP contribution in [0.2, 0.25) is 0 Å². The molecular formula is C16H21NO3. The third-order valence-electron chi connectivity index (χ3n) is 4.11. The van der Waals surface area contributed by atoms with E-state index in [1.165, 1.54) is 0 Å². The van der Waals surface area contributed by atoms with Gasteiger partial charge in [-0.3, -0.25) is 9.59 Å². The summed E-state index contributed by atoms with van der Waals surface area (Å²) < 4.78 is 5.97. The minimum atomic E-state index is -0.780. The highest BCUT2D eigenvalue weighted by molar-refractivity contribution is 6.04. The molecule has 0 bridgehead atoms. The van der Waals surface area contributed by atoms with Gasteiger partial charge in [0.2, 0.25) is 0 Å². The number of hydrogen-bond acceptors (Lipinski definition) is 3. The van der Waals surface area contributed by atoms with E-state index >= 15 is 0 Å². The van der Waals surface area contributed by atoms with Crippen LogP contribution in [0.3, 0.4) is 0 Å². The Labute approximate surface area is 119 Å². The first kappa shape index (κ1) is 14.6. The Bertz CT molecular complexity index is 547. The van der Waals surface area contributed by atoms with E-state index in [4.69, 9.17) is 4.74 Å². The molecule has 0 saturated carbocycles. The molecular weight excluding hydrogens is 254 g/mol. The largest absolute Gasteiger partial charge is 0.475 e. The molecule has 0 unspecified atom stereocenters. The molecule has 0 radical (unpaired) electrons. The van der Waals surface area contributed by atoms with E-state index in [0.717, 1.165) is 0 Å². The van der Waals surface area contributed by atoms with Gasteiger partial charge in [0.1, 0.15) is 5.75 Å². The summed E-state index contributed by atoms with van der Waals surface area (Å²) in [5.41, 5.74) is 0.514. The molecule has 0 aromatic heterocycles. The van der Waals surface area contributed by atoms with E-state index in [9.17, 15) is 9.59 Å². The van der Waals surface area contributed by atoms with Gasteiger partial charge in [-0.25, -0.2) is 0 Å². The molecule has 0 fully saturated rings. The Morgan fingerprint density at radius 3 is 2.45 bits per heavy atom. The summed E-state index contributed by atoms with van der Waals surface area (Å²) in [7, 11) is 1.74. The van der Waals surface area contributed by atoms with E-state index in [0.29, 0.717) is 36.3 Å². The Morgan fingerprint density at radius 2 is 1.90 bits per heavy atom. The normalized spacial score (nSPS) is 16.6. The van der Waals surface area contributed by atoms with Gasteiger partial charge in [-0.1, -0.05) is 20.8 Å². The quantitative estimate of drug-likeness (QED) is 0.793. The van der Waals surface area contributed by atoms with Crippen molar-refractivity contribution in [2.75, 3.05) is 11.9 Å². The second-order valence-electron chi connectivity index (χ2n) is 5.13. The predicted molar refractivity (Wildman–Crippen MR) is 78.4 cm³/mol. The van der Waals surface area contributed by atoms with Crippen LogP contribution in [-0.2, 0) is 4.79 Å². The topological polar surface area (TPSA) is 46.6 Å². The van der Waals surface area contributed by atoms with Crippen LogP contribution in [0.4, 0.5) is 5.69 Å². The molecule has 0 aliphatic carbocycles. The maximum atomic E-state index is 12.5. The zero-order valence-electron chi connectivity index (χ0n) is 12.5. The Balaban J connectivity index is 2.49. The number of Topliss-reactive ketones (excluding diaryl/α,β-unsaturated/α-hetero) is 1. The summed E-state index contributed by atoms with van der Waals surface area (Å²) in [6, 6.07) is 5.31. The van der Waals surface area contributed by atoms with Crippen LogP contribution in [0.1, 0.15) is 50.4 Å². The minimum Gasteiger partial charge on any atom is -0.475 e. The summed E-state index contributed by atoms with van der Waals surface area (Å²) >= 11 is 0. The number of hydrogen-bond donors (Lipinski definition) is 0. The van der Waals surface area contributed by atoms with Gasteiger partial charge in [0.05, 0.1) is 5.69 Å². The zero-order valence-corrected chi connectivity index (χ0v) is 12.5. The van der Waals surface area contributed by atoms with Crippen molar-refractivity contribution in [1.29, 1.82) is 0 Å². The van der Waals surface area contributed by atoms with Crippen molar-refractivity contribution in [3.8, 4) is 5.75 Å². The van der Waals surface area contributed by atoms with Crippen molar-refractivity contribution in [2.24, 2.45) is 0 Å². The van der Waals surface area contributed by atoms with Crippen molar-refractivity contribution in [1.82, 2.24) is 0 Å². The molecule has 1 aliphatic rings. The fourth-order valence-corrected chi connectivity index (χ4v) is 2.61. The van der Waals surface area contributed by atoms with Crippen LogP contribution >= 0.6 is 0 Å². The molecule has 0 atom stereocenters. The molecule has 20 heavy (non-hydrogen) atoms. The number of fused-ring (bicyclic) bond motifs is 1. The van der Waals surface area contributed by atoms with Crippen LogP contribution in [0.5, 0.6) is 5.75 Å². The number of benzene rings is 1. The Kier molecular flexibility index (Phi) is 3.84. The summed E-state index contributed by atoms with van der Waals surface area (Å²) in [5.74, 6) is 0.691. The number of rotatable bonds is 4. The van der Waals surface area contributed by atoms with Crippen LogP contribution in [0, 0.1) is 0 Å². The second kappa shape index (κ2) is 5.27. The van der Waals surface area contributed by atoms with Gasteiger partial charge >= 0.3 is 0 Å². The molecule has 0 saturated heterocycles. The number of ether oxygens (including phenoxy) is 1. The average Bonchev–Trinajstić information content (AvgIpc) is 2.50. The molecule has 0 N–H and O–H groups in total. The van der Waals surface area contributed by atoms with Crippen LogP contribution in [0.15, 0.2) is 18.2 Å². The van der Waals surface area contributed by atoms with Gasteiger partial charge < -0.3 is 9.64 Å². The summed E-state index contributed by atoms with van der Waals surface area (Å²) in [6.07, 6.45) is 1.70. The SMILES string of the molecule is CCC(=O)c1ccc2c(c1)N(C)C(=O)C(CC)(CC)O2. The number of anilines is 1. The van der Waals surface area contributed by atoms with E-state index < -0.39 is 5.60 Å². The zero-order chi connectivity index (χ0) is 14.9. The van der Waals surface area contributed by atoms with Gasteiger partial charge in [-0.2, -0.15) is 0 Å². The number of nitrogens with zero attached hydrogens (tertiary/aromatic N) is 1. The number of carbonyl (C=O) groups is 2. The fourth-order valence-electron chi connectivity index (χ4n) is 2.61. The van der Waals surface area contributed by atoms with E-state index in [-0.39, 0.29) is 11.7 Å². The first-order valence-corrected chi connectivity index (χ1v) is 7.13. The Morgan fingerprint density at radius 1 is 1.25 bits per heavy atom. The van der Waals surface area contributed by atoms with Crippen molar-refractivity contribution < 1.29 is 14.3 Å². The van der Waals surface area contributed by atoms with Crippen LogP contribution in [0.25, 0.3) is 0 Å². The average molecular weight is 275 g/mol. The number of ketones is 1. The molecule has 0 spiro atoms. The highest BCUT2D eigenvalue weighted by atomic mass is 16.5. The number of likely N-dealkylation sites (N-methyl/N-ethyl adjacent to an activating group) is 1. The maximum Gasteiger partial charge on any atom is 0.270 e. The molecule has 1 aromatic carbocycles. The summed E-state index contributed by atoms with van der Waals surface area (Å²) in [4.78, 5) is 25.9. The summed E-state index contributed by atoms with van der Waals surface area (Å²) in [5, 5.41) is 0. The Hall–Kier alpha value is -1.84. The van der Waals surface area contributed by atoms with E-state index in [2.05, 4.69) is 0 Å². The lowest BCUT2D eigenvalue weighted by Gasteiger charge is -2.40. The summed E-state index contributed by atoms with van der Waals surface area (Å²) in [6.45, 7) is 5.73. The van der Waals surface area contributed by atoms with Crippen molar-refractivity contribution in [3.05, 3.63) is 23.8 Å². The van der Waals surface area contributed by atoms with E-state index in [1.54, 1.807) is 30.1 Å². The van der Waals surface area contributed by atoms with Crippen molar-refractivity contribution in [2.45, 2.75) is 45.6 Å². The lowest BCUT2D eigenvalue weighted by molar-refractivity contribution is -0.135. The maximum absolute atomic E-state index is 12.5. The third-order valence-corrected chi connectivity index (χ3v) is 4.11. The van der Waals surface area contributed by atoms with Gasteiger partial charge in [-0.15, -0.1) is 0 Å². The number of carbonyl (C=O) groups excluding carboxylic acids is 2. The second-order valence-corrected chi connectivity index (χ2v) is 5.13. The lowest BCUT2D eigenvalue weighted by atomic mass is 9.92. The minimum absolute atomic E-state index is 0.0453. The van der Waals surface area contributed by atoms with Gasteiger partial charge in [0.25, 0.3) is 5.91 Å². The van der Waals surface area contributed by atoms with Crippen LogP contribution in [-0.4, -0.2) is 24.3 Å². The van der Waals surface area contributed by atoms with Gasteiger partial charge in [-0.05, 0) is 31.0 Å². The molecule has 1 aromatic rings. The molecule has 4 heteroatoms. The van der Waals surface area contributed by atoms with Crippen molar-refractivity contribution >= 4 is 17.4 Å². The highest BCUT2D eigenvalue weighted by Crippen LogP contribution is 2.40.